The van der Waals surface area contributed by atoms with Gasteiger partial charge in [-0.15, -0.1) is 0 Å². The third kappa shape index (κ3) is 3.33. The first kappa shape index (κ1) is 15.9. The maximum absolute atomic E-state index is 12.8. The van der Waals surface area contributed by atoms with Crippen LogP contribution in [0.25, 0.3) is 0 Å². The predicted octanol–water partition coefficient (Wildman–Crippen LogP) is 4.83. The summed E-state index contributed by atoms with van der Waals surface area (Å²) in [4.78, 5) is 0. The van der Waals surface area contributed by atoms with Gasteiger partial charge in [-0.1, -0.05) is 18.0 Å². The van der Waals surface area contributed by atoms with E-state index in [0.29, 0.717) is 17.1 Å². The number of alkyl halides is 3. The number of rotatable bonds is 2. The van der Waals surface area contributed by atoms with Crippen LogP contribution < -0.4 is 10.6 Å². The molecule has 0 aromatic heterocycles. The molecule has 120 valence electrons. The number of fused-ring (bicyclic) bond motifs is 2. The van der Waals surface area contributed by atoms with Crippen molar-refractivity contribution in [1.29, 1.82) is 0 Å². The summed E-state index contributed by atoms with van der Waals surface area (Å²) in [7, 11) is 0. The first-order chi connectivity index (χ1) is 10.3. The molecule has 2 nitrogen and oxygen atoms in total. The Hall–Kier alpha value is -1.01. The van der Waals surface area contributed by atoms with Gasteiger partial charge in [-0.2, -0.15) is 13.2 Å². The highest BCUT2D eigenvalue weighted by molar-refractivity contribution is 7.80. The second-order valence-electron chi connectivity index (χ2n) is 6.07. The Bertz CT molecular complexity index is 591. The van der Waals surface area contributed by atoms with Crippen LogP contribution in [0.3, 0.4) is 0 Å². The minimum atomic E-state index is -4.48. The maximum atomic E-state index is 12.8. The molecule has 0 saturated heterocycles. The largest absolute Gasteiger partial charge is 0.417 e. The second-order valence-corrected chi connectivity index (χ2v) is 6.89. The number of anilines is 1. The van der Waals surface area contributed by atoms with E-state index in [1.807, 2.05) is 0 Å². The van der Waals surface area contributed by atoms with Gasteiger partial charge in [0.15, 0.2) is 5.11 Å². The highest BCUT2D eigenvalue weighted by Crippen LogP contribution is 2.44. The van der Waals surface area contributed by atoms with Crippen molar-refractivity contribution < 1.29 is 13.2 Å². The van der Waals surface area contributed by atoms with Gasteiger partial charge in [-0.3, -0.25) is 0 Å². The minimum Gasteiger partial charge on any atom is -0.359 e. The first-order valence-electron chi connectivity index (χ1n) is 7.27. The van der Waals surface area contributed by atoms with Gasteiger partial charge in [0.05, 0.1) is 10.6 Å². The SMILES string of the molecule is FC(F)(F)c1cc(NC(=S)N[C@H]2C[C@@H]3CC[C@@H]2C3)ccc1Cl. The summed E-state index contributed by atoms with van der Waals surface area (Å²) in [5, 5.41) is 6.12. The van der Waals surface area contributed by atoms with Crippen molar-refractivity contribution in [2.75, 3.05) is 5.32 Å². The van der Waals surface area contributed by atoms with E-state index in [9.17, 15) is 13.2 Å². The minimum absolute atomic E-state index is 0.289. The van der Waals surface area contributed by atoms with E-state index in [2.05, 4.69) is 10.6 Å². The molecule has 2 aliphatic rings. The highest BCUT2D eigenvalue weighted by Gasteiger charge is 2.39. The molecule has 0 amide bonds. The predicted molar refractivity (Wildman–Crippen MR) is 85.0 cm³/mol. The molecule has 0 aliphatic heterocycles. The van der Waals surface area contributed by atoms with Gasteiger partial charge < -0.3 is 10.6 Å². The van der Waals surface area contributed by atoms with Crippen LogP contribution >= 0.6 is 23.8 Å². The Balaban J connectivity index is 1.64. The molecule has 3 rings (SSSR count). The lowest BCUT2D eigenvalue weighted by molar-refractivity contribution is -0.137. The second kappa shape index (κ2) is 5.89. The highest BCUT2D eigenvalue weighted by atomic mass is 35.5. The average Bonchev–Trinajstić information content (AvgIpc) is 3.02. The van der Waals surface area contributed by atoms with E-state index in [0.717, 1.165) is 18.4 Å². The van der Waals surface area contributed by atoms with Crippen molar-refractivity contribution in [1.82, 2.24) is 5.32 Å². The molecule has 2 aliphatic carbocycles. The van der Waals surface area contributed by atoms with Crippen LogP contribution in [0, 0.1) is 11.8 Å². The molecular formula is C15H16ClF3N2S. The van der Waals surface area contributed by atoms with Crippen molar-refractivity contribution in [3.63, 3.8) is 0 Å². The Morgan fingerprint density at radius 3 is 2.59 bits per heavy atom. The van der Waals surface area contributed by atoms with Crippen molar-refractivity contribution in [3.8, 4) is 0 Å². The van der Waals surface area contributed by atoms with Crippen LogP contribution in [-0.2, 0) is 6.18 Å². The van der Waals surface area contributed by atoms with Crippen LogP contribution in [0.2, 0.25) is 5.02 Å². The van der Waals surface area contributed by atoms with Gasteiger partial charge in [-0.25, -0.2) is 0 Å². The van der Waals surface area contributed by atoms with Crippen molar-refractivity contribution in [2.45, 2.75) is 37.9 Å². The number of benzene rings is 1. The van der Waals surface area contributed by atoms with E-state index >= 15 is 0 Å². The summed E-state index contributed by atoms with van der Waals surface area (Å²) >= 11 is 10.8. The standard InChI is InChI=1S/C15H16ClF3N2S/c16-12-4-3-10(7-11(12)15(17,18)19)20-14(22)21-13-6-8-1-2-9(13)5-8/h3-4,7-9,13H,1-2,5-6H2,(H2,20,21,22)/t8-,9-,13+/m1/s1. The molecule has 0 unspecified atom stereocenters. The molecule has 7 heteroatoms. The van der Waals surface area contributed by atoms with Crippen LogP contribution in [-0.4, -0.2) is 11.2 Å². The molecule has 0 radical (unpaired) electrons. The quantitative estimate of drug-likeness (QED) is 0.748. The van der Waals surface area contributed by atoms with E-state index in [1.165, 1.54) is 31.4 Å². The zero-order valence-corrected chi connectivity index (χ0v) is 13.3. The number of nitrogens with one attached hydrogen (secondary N) is 2. The van der Waals surface area contributed by atoms with Gasteiger partial charge in [0.1, 0.15) is 0 Å². The summed E-state index contributed by atoms with van der Waals surface area (Å²) < 4.78 is 38.5. The Morgan fingerprint density at radius 2 is 2.00 bits per heavy atom. The molecule has 0 spiro atoms. The smallest absolute Gasteiger partial charge is 0.359 e. The first-order valence-corrected chi connectivity index (χ1v) is 8.06. The lowest BCUT2D eigenvalue weighted by atomic mass is 9.96. The molecule has 2 fully saturated rings. The molecule has 3 atom stereocenters. The molecule has 2 saturated carbocycles. The van der Waals surface area contributed by atoms with Crippen molar-refractivity contribution in [2.24, 2.45) is 11.8 Å². The van der Waals surface area contributed by atoms with Crippen molar-refractivity contribution >= 4 is 34.6 Å². The number of thiocarbonyl (C=S) groups is 1. The summed E-state index contributed by atoms with van der Waals surface area (Å²) in [6.45, 7) is 0. The molecular weight excluding hydrogens is 333 g/mol. The number of halogens is 4. The topological polar surface area (TPSA) is 24.1 Å². The fourth-order valence-electron chi connectivity index (χ4n) is 3.58. The fraction of sp³-hybridized carbons (Fsp3) is 0.533. The van der Waals surface area contributed by atoms with Gasteiger partial charge in [0.25, 0.3) is 0 Å². The van der Waals surface area contributed by atoms with E-state index in [4.69, 9.17) is 23.8 Å². The molecule has 1 aromatic rings. The Labute approximate surface area is 137 Å². The summed E-state index contributed by atoms with van der Waals surface area (Å²) in [5.74, 6) is 1.42. The molecule has 1 aromatic carbocycles. The number of hydrogen-bond donors (Lipinski definition) is 2. The molecule has 2 N–H and O–H groups in total. The van der Waals surface area contributed by atoms with Gasteiger partial charge in [0.2, 0.25) is 0 Å². The van der Waals surface area contributed by atoms with Crippen molar-refractivity contribution in [3.05, 3.63) is 28.8 Å². The third-order valence-corrected chi connectivity index (χ3v) is 5.13. The van der Waals surface area contributed by atoms with E-state index in [-0.39, 0.29) is 10.7 Å². The Morgan fingerprint density at radius 1 is 1.23 bits per heavy atom. The normalized spacial score (nSPS) is 27.0. The summed E-state index contributed by atoms with van der Waals surface area (Å²) in [5.41, 5.74) is -0.570. The number of hydrogen-bond acceptors (Lipinski definition) is 1. The molecule has 22 heavy (non-hydrogen) atoms. The van der Waals surface area contributed by atoms with Crippen LogP contribution in [0.15, 0.2) is 18.2 Å². The summed E-state index contributed by atoms with van der Waals surface area (Å²) in [6, 6.07) is 4.05. The zero-order chi connectivity index (χ0) is 15.9. The molecule has 0 heterocycles. The van der Waals surface area contributed by atoms with Gasteiger partial charge in [0, 0.05) is 11.7 Å². The van der Waals surface area contributed by atoms with Crippen LogP contribution in [0.4, 0.5) is 18.9 Å². The Kier molecular flexibility index (Phi) is 4.25. The van der Waals surface area contributed by atoms with Crippen LogP contribution in [0.5, 0.6) is 0 Å². The lowest BCUT2D eigenvalue weighted by Crippen LogP contribution is -2.40. The maximum Gasteiger partial charge on any atom is 0.417 e. The van der Waals surface area contributed by atoms with Gasteiger partial charge >= 0.3 is 6.18 Å². The zero-order valence-electron chi connectivity index (χ0n) is 11.7. The van der Waals surface area contributed by atoms with E-state index in [1.54, 1.807) is 0 Å². The lowest BCUT2D eigenvalue weighted by Gasteiger charge is -2.24. The molecule has 2 bridgehead atoms. The third-order valence-electron chi connectivity index (χ3n) is 4.58. The monoisotopic (exact) mass is 348 g/mol. The van der Waals surface area contributed by atoms with Gasteiger partial charge in [-0.05, 0) is 61.5 Å². The van der Waals surface area contributed by atoms with Crippen LogP contribution in [0.1, 0.15) is 31.2 Å². The van der Waals surface area contributed by atoms with E-state index < -0.39 is 11.7 Å². The summed E-state index contributed by atoms with van der Waals surface area (Å²) in [6.07, 6.45) is 0.355. The average molecular weight is 349 g/mol. The fourth-order valence-corrected chi connectivity index (χ4v) is 4.07.